The van der Waals surface area contributed by atoms with Crippen LogP contribution in [-0.4, -0.2) is 24.4 Å². The molecule has 1 atom stereocenters. The smallest absolute Gasteiger partial charge is 0.254 e. The van der Waals surface area contributed by atoms with Gasteiger partial charge in [0.15, 0.2) is 0 Å². The molecule has 1 unspecified atom stereocenters. The van der Waals surface area contributed by atoms with Gasteiger partial charge in [-0.3, -0.25) is 15.4 Å². The maximum absolute atomic E-state index is 13.5. The van der Waals surface area contributed by atoms with Gasteiger partial charge in [0.05, 0.1) is 11.3 Å². The van der Waals surface area contributed by atoms with Crippen LogP contribution in [0, 0.1) is 5.82 Å². The molecular weight excluding hydrogens is 251 g/mol. The molecule has 5 N–H and O–H groups in total. The second kappa shape index (κ2) is 5.66. The molecule has 1 aliphatic rings. The Morgan fingerprint density at radius 1 is 1.47 bits per heavy atom. The summed E-state index contributed by atoms with van der Waals surface area (Å²) in [6.07, 6.45) is 1.36. The van der Waals surface area contributed by atoms with Gasteiger partial charge in [0.1, 0.15) is 11.9 Å². The Bertz CT molecular complexity index is 507. The maximum atomic E-state index is 13.5. The number of nitrogens with one attached hydrogen (secondary N) is 3. The molecule has 19 heavy (non-hydrogen) atoms. The lowest BCUT2D eigenvalue weighted by molar-refractivity contribution is -0.124. The van der Waals surface area contributed by atoms with Crippen molar-refractivity contribution < 1.29 is 14.0 Å². The Kier molecular flexibility index (Phi) is 3.96. The van der Waals surface area contributed by atoms with E-state index in [1.54, 1.807) is 0 Å². The summed E-state index contributed by atoms with van der Waals surface area (Å²) < 4.78 is 13.5. The Hall–Kier alpha value is -2.15. The lowest BCUT2D eigenvalue weighted by atomic mass is 10.1. The summed E-state index contributed by atoms with van der Waals surface area (Å²) in [5.74, 6) is 3.82. The molecule has 1 aliphatic heterocycles. The summed E-state index contributed by atoms with van der Waals surface area (Å²) in [6, 6.07) is 3.45. The first-order valence-corrected chi connectivity index (χ1v) is 5.97. The zero-order chi connectivity index (χ0) is 13.8. The van der Waals surface area contributed by atoms with Crippen LogP contribution in [-0.2, 0) is 4.79 Å². The molecule has 0 spiro atoms. The topological polar surface area (TPSA) is 96.2 Å². The lowest BCUT2D eigenvalue weighted by Crippen LogP contribution is -2.50. The van der Waals surface area contributed by atoms with Gasteiger partial charge in [-0.2, -0.15) is 0 Å². The van der Waals surface area contributed by atoms with E-state index in [1.807, 2.05) is 0 Å². The van der Waals surface area contributed by atoms with Crippen molar-refractivity contribution in [2.24, 2.45) is 5.84 Å². The van der Waals surface area contributed by atoms with E-state index in [4.69, 9.17) is 5.84 Å². The van der Waals surface area contributed by atoms with E-state index in [-0.39, 0.29) is 17.2 Å². The molecular formula is C12H15FN4O2. The summed E-state index contributed by atoms with van der Waals surface area (Å²) in [5, 5.41) is 5.23. The van der Waals surface area contributed by atoms with Crippen LogP contribution in [0.3, 0.4) is 0 Å². The second-order valence-corrected chi connectivity index (χ2v) is 4.27. The van der Waals surface area contributed by atoms with Gasteiger partial charge in [-0.25, -0.2) is 4.39 Å². The van der Waals surface area contributed by atoms with Crippen LogP contribution in [0.1, 0.15) is 23.2 Å². The average Bonchev–Trinajstić information content (AvgIpc) is 2.41. The molecule has 0 aliphatic carbocycles. The number of piperidine rings is 1. The number of carbonyl (C=O) groups is 2. The molecule has 0 aromatic heterocycles. The van der Waals surface area contributed by atoms with Gasteiger partial charge in [0.25, 0.3) is 5.91 Å². The van der Waals surface area contributed by atoms with Crippen LogP contribution in [0.2, 0.25) is 0 Å². The highest BCUT2D eigenvalue weighted by Crippen LogP contribution is 2.19. The Labute approximate surface area is 109 Å². The highest BCUT2D eigenvalue weighted by atomic mass is 19.1. The minimum Gasteiger partial charge on any atom is -0.354 e. The molecule has 2 rings (SSSR count). The lowest BCUT2D eigenvalue weighted by Gasteiger charge is -2.23. The zero-order valence-corrected chi connectivity index (χ0v) is 10.2. The number of nitrogen functional groups attached to an aromatic ring is 1. The van der Waals surface area contributed by atoms with E-state index in [0.29, 0.717) is 13.0 Å². The molecule has 1 aromatic rings. The Morgan fingerprint density at radius 3 is 2.95 bits per heavy atom. The number of carbonyl (C=O) groups excluding carboxylic acids is 2. The molecule has 102 valence electrons. The van der Waals surface area contributed by atoms with Gasteiger partial charge in [-0.15, -0.1) is 0 Å². The average molecular weight is 266 g/mol. The second-order valence-electron chi connectivity index (χ2n) is 4.27. The van der Waals surface area contributed by atoms with Crippen LogP contribution in [0.25, 0.3) is 0 Å². The number of hydrazine groups is 1. The van der Waals surface area contributed by atoms with Crippen molar-refractivity contribution in [2.45, 2.75) is 18.9 Å². The van der Waals surface area contributed by atoms with E-state index in [1.165, 1.54) is 18.2 Å². The van der Waals surface area contributed by atoms with E-state index < -0.39 is 17.8 Å². The molecule has 1 saturated heterocycles. The SMILES string of the molecule is NNc1c(F)cccc1C(=O)NC1CCCNC1=O. The zero-order valence-electron chi connectivity index (χ0n) is 10.2. The standard InChI is InChI=1S/C12H15FN4O2/c13-8-4-1-3-7(10(8)17-14)11(18)16-9-5-2-6-15-12(9)19/h1,3-4,9,17H,2,5-6,14H2,(H,15,19)(H,16,18). The highest BCUT2D eigenvalue weighted by molar-refractivity contribution is 6.01. The van der Waals surface area contributed by atoms with Crippen molar-refractivity contribution in [2.75, 3.05) is 12.0 Å². The number of benzene rings is 1. The van der Waals surface area contributed by atoms with Crippen molar-refractivity contribution in [3.63, 3.8) is 0 Å². The summed E-state index contributed by atoms with van der Waals surface area (Å²) in [7, 11) is 0. The number of hydrogen-bond donors (Lipinski definition) is 4. The molecule has 1 aromatic carbocycles. The Balaban J connectivity index is 2.16. The number of nitrogens with two attached hydrogens (primary N) is 1. The van der Waals surface area contributed by atoms with Gasteiger partial charge in [0, 0.05) is 6.54 Å². The third-order valence-corrected chi connectivity index (χ3v) is 2.99. The third-order valence-electron chi connectivity index (χ3n) is 2.99. The number of halogens is 1. The van der Waals surface area contributed by atoms with Crippen molar-refractivity contribution in [1.29, 1.82) is 0 Å². The van der Waals surface area contributed by atoms with Crippen LogP contribution in [0.15, 0.2) is 18.2 Å². The molecule has 0 saturated carbocycles. The third kappa shape index (κ3) is 2.82. The van der Waals surface area contributed by atoms with Gasteiger partial charge >= 0.3 is 0 Å². The van der Waals surface area contributed by atoms with Gasteiger partial charge in [-0.1, -0.05) is 6.07 Å². The van der Waals surface area contributed by atoms with Crippen molar-refractivity contribution in [3.8, 4) is 0 Å². The first-order valence-electron chi connectivity index (χ1n) is 5.97. The predicted molar refractivity (Wildman–Crippen MR) is 67.7 cm³/mol. The van der Waals surface area contributed by atoms with Crippen LogP contribution in [0.5, 0.6) is 0 Å². The quantitative estimate of drug-likeness (QED) is 0.461. The van der Waals surface area contributed by atoms with Gasteiger partial charge < -0.3 is 16.1 Å². The molecule has 6 nitrogen and oxygen atoms in total. The van der Waals surface area contributed by atoms with E-state index >= 15 is 0 Å². The minimum absolute atomic E-state index is 0.0703. The van der Waals surface area contributed by atoms with Crippen molar-refractivity contribution >= 4 is 17.5 Å². The molecule has 0 radical (unpaired) electrons. The summed E-state index contributed by atoms with van der Waals surface area (Å²) in [4.78, 5) is 23.6. The molecule has 1 fully saturated rings. The first kappa shape index (κ1) is 13.3. The van der Waals surface area contributed by atoms with Crippen molar-refractivity contribution in [1.82, 2.24) is 10.6 Å². The van der Waals surface area contributed by atoms with E-state index in [9.17, 15) is 14.0 Å². The molecule has 2 amide bonds. The monoisotopic (exact) mass is 266 g/mol. The van der Waals surface area contributed by atoms with E-state index in [0.717, 1.165) is 6.42 Å². The molecule has 0 bridgehead atoms. The molecule has 7 heteroatoms. The maximum Gasteiger partial charge on any atom is 0.254 e. The van der Waals surface area contributed by atoms with E-state index in [2.05, 4.69) is 16.1 Å². The van der Waals surface area contributed by atoms with Crippen LogP contribution < -0.4 is 21.9 Å². The number of para-hydroxylation sites is 1. The Morgan fingerprint density at radius 2 is 2.26 bits per heavy atom. The normalized spacial score (nSPS) is 18.6. The predicted octanol–water partition coefficient (Wildman–Crippen LogP) is 0.120. The van der Waals surface area contributed by atoms with Gasteiger partial charge in [-0.05, 0) is 25.0 Å². The van der Waals surface area contributed by atoms with Gasteiger partial charge in [0.2, 0.25) is 5.91 Å². The summed E-state index contributed by atoms with van der Waals surface area (Å²) in [6.45, 7) is 0.612. The van der Waals surface area contributed by atoms with Crippen molar-refractivity contribution in [3.05, 3.63) is 29.6 Å². The summed E-state index contributed by atoms with van der Waals surface area (Å²) >= 11 is 0. The molecule has 1 heterocycles. The number of anilines is 1. The highest BCUT2D eigenvalue weighted by Gasteiger charge is 2.25. The van der Waals surface area contributed by atoms with Crippen LogP contribution >= 0.6 is 0 Å². The fourth-order valence-corrected chi connectivity index (χ4v) is 2.01. The minimum atomic E-state index is -0.622. The van der Waals surface area contributed by atoms with Crippen LogP contribution in [0.4, 0.5) is 10.1 Å². The number of amides is 2. The summed E-state index contributed by atoms with van der Waals surface area (Å²) in [5.41, 5.74) is 2.14. The fourth-order valence-electron chi connectivity index (χ4n) is 2.01. The number of hydrogen-bond acceptors (Lipinski definition) is 4. The largest absolute Gasteiger partial charge is 0.354 e. The fraction of sp³-hybridized carbons (Fsp3) is 0.333. The first-order chi connectivity index (χ1) is 9.13. The number of rotatable bonds is 3.